The van der Waals surface area contributed by atoms with E-state index in [1.54, 1.807) is 12.1 Å². The number of thioether (sulfide) groups is 1. The molecule has 130 valence electrons. The predicted molar refractivity (Wildman–Crippen MR) is 100 cm³/mol. The first kappa shape index (κ1) is 19.1. The Morgan fingerprint density at radius 2 is 2.20 bits per heavy atom. The van der Waals surface area contributed by atoms with Crippen LogP contribution in [0, 0.1) is 15.9 Å². The molecule has 9 heteroatoms. The first-order valence-electron chi connectivity index (χ1n) is 6.78. The first-order valence-corrected chi connectivity index (χ1v) is 8.67. The van der Waals surface area contributed by atoms with Gasteiger partial charge in [0, 0.05) is 0 Å². The number of terminal acetylenes is 1. The number of hydrogen-bond acceptors (Lipinski definition) is 6. The maximum absolute atomic E-state index is 12.2. The molecule has 1 aromatic rings. The van der Waals surface area contributed by atoms with Crippen LogP contribution in [0.3, 0.4) is 0 Å². The van der Waals surface area contributed by atoms with Crippen molar-refractivity contribution in [2.75, 3.05) is 20.3 Å². The minimum atomic E-state index is -1.25. The van der Waals surface area contributed by atoms with E-state index in [4.69, 9.17) is 21.0 Å². The number of hydrogen-bond donors (Lipinski definition) is 1. The molecule has 1 aliphatic rings. The molecule has 0 saturated carbocycles. The molecule has 1 heterocycles. The van der Waals surface area contributed by atoms with Gasteiger partial charge in [-0.25, -0.2) is 0 Å². The largest absolute Gasteiger partial charge is 0.493 e. The van der Waals surface area contributed by atoms with Crippen molar-refractivity contribution in [1.82, 2.24) is 4.90 Å². The van der Waals surface area contributed by atoms with Gasteiger partial charge in [0.2, 0.25) is 0 Å². The van der Waals surface area contributed by atoms with Crippen LogP contribution >= 0.6 is 34.4 Å². The van der Waals surface area contributed by atoms with Gasteiger partial charge in [-0.15, -0.1) is 6.42 Å². The van der Waals surface area contributed by atoms with Crippen LogP contribution in [0.15, 0.2) is 17.0 Å². The van der Waals surface area contributed by atoms with Crippen LogP contribution in [0.25, 0.3) is 6.08 Å². The summed E-state index contributed by atoms with van der Waals surface area (Å²) in [5.41, 5.74) is 0.607. The number of ether oxygens (including phenoxy) is 2. The molecular weight excluding hydrogens is 461 g/mol. The molecule has 1 saturated heterocycles. The van der Waals surface area contributed by atoms with Crippen LogP contribution in [-0.4, -0.2) is 47.4 Å². The number of halogens is 1. The molecule has 0 aliphatic carbocycles. The highest BCUT2D eigenvalue weighted by atomic mass is 127. The van der Waals surface area contributed by atoms with Crippen molar-refractivity contribution in [2.45, 2.75) is 0 Å². The fourth-order valence-electron chi connectivity index (χ4n) is 2.00. The maximum Gasteiger partial charge on any atom is 0.323 e. The van der Waals surface area contributed by atoms with Crippen molar-refractivity contribution in [3.63, 3.8) is 0 Å². The van der Waals surface area contributed by atoms with E-state index in [2.05, 4.69) is 5.92 Å². The quantitative estimate of drug-likeness (QED) is 0.386. The number of amides is 2. The van der Waals surface area contributed by atoms with Crippen molar-refractivity contribution >= 4 is 57.5 Å². The lowest BCUT2D eigenvalue weighted by atomic mass is 10.2. The predicted octanol–water partition coefficient (Wildman–Crippen LogP) is 2.43. The van der Waals surface area contributed by atoms with Crippen LogP contribution in [0.5, 0.6) is 11.5 Å². The molecule has 7 nitrogen and oxygen atoms in total. The lowest BCUT2D eigenvalue weighted by molar-refractivity contribution is -0.140. The van der Waals surface area contributed by atoms with Gasteiger partial charge in [-0.05, 0) is 58.1 Å². The number of carbonyl (C=O) groups is 3. The fraction of sp³-hybridized carbons (Fsp3) is 0.188. The molecule has 0 spiro atoms. The van der Waals surface area contributed by atoms with Crippen molar-refractivity contribution in [3.8, 4) is 23.8 Å². The minimum absolute atomic E-state index is 0.0831. The van der Waals surface area contributed by atoms with E-state index in [1.807, 2.05) is 22.6 Å². The molecular formula is C16H12INO6S. The van der Waals surface area contributed by atoms with E-state index in [9.17, 15) is 14.4 Å². The van der Waals surface area contributed by atoms with Gasteiger partial charge in [0.15, 0.2) is 11.5 Å². The van der Waals surface area contributed by atoms with E-state index in [1.165, 1.54) is 13.2 Å². The number of aliphatic carboxylic acids is 1. The zero-order chi connectivity index (χ0) is 18.6. The summed E-state index contributed by atoms with van der Waals surface area (Å²) in [5.74, 6) is 1.38. The third-order valence-electron chi connectivity index (χ3n) is 3.02. The molecule has 0 radical (unpaired) electrons. The minimum Gasteiger partial charge on any atom is -0.493 e. The number of benzene rings is 1. The van der Waals surface area contributed by atoms with E-state index >= 15 is 0 Å². The van der Waals surface area contributed by atoms with Crippen LogP contribution in [0.1, 0.15) is 5.56 Å². The number of methoxy groups -OCH3 is 1. The molecule has 25 heavy (non-hydrogen) atoms. The summed E-state index contributed by atoms with van der Waals surface area (Å²) in [6.45, 7) is -0.582. The highest BCUT2D eigenvalue weighted by Gasteiger charge is 2.36. The number of carbonyl (C=O) groups excluding carboxylic acids is 2. The highest BCUT2D eigenvalue weighted by Crippen LogP contribution is 2.37. The number of carboxylic acid groups (broad SMARTS) is 1. The standard InChI is InChI=1S/C16H12INO6S/c1-3-4-24-14-10(17)5-9(6-11(14)23-2)7-12-15(21)18(8-13(19)20)16(22)25-12/h1,5-7H,4,8H2,2H3,(H,19,20)/b12-7+. The Morgan fingerprint density at radius 1 is 1.48 bits per heavy atom. The Balaban J connectivity index is 2.34. The smallest absolute Gasteiger partial charge is 0.323 e. The Labute approximate surface area is 161 Å². The summed E-state index contributed by atoms with van der Waals surface area (Å²) < 4.78 is 11.4. The van der Waals surface area contributed by atoms with Crippen molar-refractivity contribution in [2.24, 2.45) is 0 Å². The van der Waals surface area contributed by atoms with Crippen molar-refractivity contribution in [1.29, 1.82) is 0 Å². The second kappa shape index (κ2) is 8.26. The second-order valence-corrected chi connectivity index (χ2v) is 6.84. The molecule has 2 rings (SSSR count). The Bertz CT molecular complexity index is 814. The second-order valence-electron chi connectivity index (χ2n) is 4.69. The molecule has 0 unspecified atom stereocenters. The molecule has 1 fully saturated rings. The topological polar surface area (TPSA) is 93.1 Å². The fourth-order valence-corrected chi connectivity index (χ4v) is 3.62. The number of imide groups is 1. The molecule has 0 bridgehead atoms. The number of nitrogens with zero attached hydrogens (tertiary/aromatic N) is 1. The maximum atomic E-state index is 12.2. The van der Waals surface area contributed by atoms with Crippen LogP contribution in [0.2, 0.25) is 0 Å². The van der Waals surface area contributed by atoms with Crippen molar-refractivity contribution in [3.05, 3.63) is 26.2 Å². The third kappa shape index (κ3) is 4.46. The molecule has 0 atom stereocenters. The molecule has 1 N–H and O–H groups in total. The van der Waals surface area contributed by atoms with E-state index in [-0.39, 0.29) is 11.5 Å². The van der Waals surface area contributed by atoms with E-state index < -0.39 is 23.7 Å². The third-order valence-corrected chi connectivity index (χ3v) is 4.73. The van der Waals surface area contributed by atoms with Gasteiger partial charge in [0.05, 0.1) is 15.6 Å². The Hall–Kier alpha value is -2.19. The summed E-state index contributed by atoms with van der Waals surface area (Å²) >= 11 is 2.73. The molecule has 1 aromatic carbocycles. The van der Waals surface area contributed by atoms with Gasteiger partial charge in [-0.1, -0.05) is 5.92 Å². The summed E-state index contributed by atoms with van der Waals surface area (Å²) in [5, 5.41) is 8.15. The number of rotatable bonds is 6. The Morgan fingerprint density at radius 3 is 2.80 bits per heavy atom. The average molecular weight is 473 g/mol. The van der Waals surface area contributed by atoms with Gasteiger partial charge in [0.1, 0.15) is 13.2 Å². The van der Waals surface area contributed by atoms with Gasteiger partial charge < -0.3 is 14.6 Å². The van der Waals surface area contributed by atoms with Gasteiger partial charge in [-0.2, -0.15) is 0 Å². The first-order chi connectivity index (χ1) is 11.9. The average Bonchev–Trinajstić information content (AvgIpc) is 2.80. The molecule has 1 aliphatic heterocycles. The zero-order valence-electron chi connectivity index (χ0n) is 12.9. The summed E-state index contributed by atoms with van der Waals surface area (Å²) in [7, 11) is 1.47. The lowest BCUT2D eigenvalue weighted by Crippen LogP contribution is -2.33. The molecule has 2 amide bonds. The van der Waals surface area contributed by atoms with Gasteiger partial charge >= 0.3 is 5.97 Å². The normalized spacial score (nSPS) is 15.4. The molecule has 0 aromatic heterocycles. The van der Waals surface area contributed by atoms with E-state index in [0.29, 0.717) is 37.3 Å². The van der Waals surface area contributed by atoms with Crippen LogP contribution < -0.4 is 9.47 Å². The summed E-state index contributed by atoms with van der Waals surface area (Å²) in [4.78, 5) is 35.5. The van der Waals surface area contributed by atoms with Crippen LogP contribution in [-0.2, 0) is 9.59 Å². The lowest BCUT2D eigenvalue weighted by Gasteiger charge is -2.12. The number of carboxylic acids is 1. The van der Waals surface area contributed by atoms with Crippen molar-refractivity contribution < 1.29 is 29.0 Å². The van der Waals surface area contributed by atoms with E-state index in [0.717, 1.165) is 0 Å². The highest BCUT2D eigenvalue weighted by molar-refractivity contribution is 14.1. The van der Waals surface area contributed by atoms with Gasteiger partial charge in [-0.3, -0.25) is 19.3 Å². The summed E-state index contributed by atoms with van der Waals surface area (Å²) in [6, 6.07) is 3.37. The summed E-state index contributed by atoms with van der Waals surface area (Å²) in [6.07, 6.45) is 6.69. The van der Waals surface area contributed by atoms with Crippen LogP contribution in [0.4, 0.5) is 4.79 Å². The zero-order valence-corrected chi connectivity index (χ0v) is 15.9. The Kier molecular flexibility index (Phi) is 6.33. The van der Waals surface area contributed by atoms with Gasteiger partial charge in [0.25, 0.3) is 11.1 Å². The monoisotopic (exact) mass is 473 g/mol. The SMILES string of the molecule is C#CCOc1c(I)cc(/C=C2/SC(=O)N(CC(=O)O)C2=O)cc1OC.